The van der Waals surface area contributed by atoms with Crippen LogP contribution in [0.1, 0.15) is 12.5 Å². The van der Waals surface area contributed by atoms with Crippen molar-refractivity contribution >= 4 is 17.4 Å². The average molecular weight is 224 g/mol. The molecule has 84 valence electrons. The zero-order valence-corrected chi connectivity index (χ0v) is 9.77. The summed E-state index contributed by atoms with van der Waals surface area (Å²) >= 11 is 0. The number of amidine groups is 1. The van der Waals surface area contributed by atoms with E-state index >= 15 is 0 Å². The zero-order chi connectivity index (χ0) is 12.0. The van der Waals surface area contributed by atoms with Gasteiger partial charge >= 0.3 is 0 Å². The Morgan fingerprint density at radius 3 is 2.53 bits per heavy atom. The number of amides is 1. The largest absolute Gasteiger partial charge is 0.269 e. The molecule has 1 aromatic rings. The predicted molar refractivity (Wildman–Crippen MR) is 67.9 cm³/mol. The summed E-state index contributed by atoms with van der Waals surface area (Å²) in [4.78, 5) is 18.1. The highest BCUT2D eigenvalue weighted by Crippen LogP contribution is 2.30. The van der Waals surface area contributed by atoms with Gasteiger partial charge in [-0.2, -0.15) is 0 Å². The third-order valence-corrected chi connectivity index (χ3v) is 3.11. The Kier molecular flexibility index (Phi) is 2.01. The van der Waals surface area contributed by atoms with E-state index in [1.807, 2.05) is 44.2 Å². The molecule has 3 nitrogen and oxygen atoms in total. The second kappa shape index (κ2) is 3.42. The molecule has 0 radical (unpaired) electrons. The van der Waals surface area contributed by atoms with E-state index < -0.39 is 0 Å². The molecule has 3 rings (SSSR count). The fourth-order valence-corrected chi connectivity index (χ4v) is 2.11. The molecule has 0 aromatic heterocycles. The monoisotopic (exact) mass is 224 g/mol. The zero-order valence-electron chi connectivity index (χ0n) is 9.77. The molecule has 0 bridgehead atoms. The highest BCUT2D eigenvalue weighted by Gasteiger charge is 2.35. The highest BCUT2D eigenvalue weighted by atomic mass is 16.2. The van der Waals surface area contributed by atoms with E-state index in [1.54, 1.807) is 11.1 Å². The Bertz CT molecular complexity index is 591. The van der Waals surface area contributed by atoms with Crippen LogP contribution in [-0.2, 0) is 4.79 Å². The van der Waals surface area contributed by atoms with Crippen molar-refractivity contribution in [1.82, 2.24) is 0 Å². The van der Waals surface area contributed by atoms with Gasteiger partial charge in [0.15, 0.2) is 0 Å². The molecule has 2 aliphatic heterocycles. The van der Waals surface area contributed by atoms with Gasteiger partial charge in [-0.25, -0.2) is 4.99 Å². The summed E-state index contributed by atoms with van der Waals surface area (Å²) in [6, 6.07) is 7.90. The molecule has 1 aromatic carbocycles. The summed E-state index contributed by atoms with van der Waals surface area (Å²) < 4.78 is 0. The van der Waals surface area contributed by atoms with E-state index in [2.05, 4.69) is 4.99 Å². The maximum Gasteiger partial charge on any atom is 0.260 e. The number of rotatable bonds is 1. The lowest BCUT2D eigenvalue weighted by Crippen LogP contribution is -2.30. The molecule has 2 heterocycles. The normalized spacial score (nSPS) is 17.9. The van der Waals surface area contributed by atoms with Crippen molar-refractivity contribution in [1.29, 1.82) is 0 Å². The number of hydrogen-bond acceptors (Lipinski definition) is 2. The standard InChI is InChI=1S/C14H12N2O/c1-9-3-5-11(6-4-9)16-13-12(7-8-15-13)10(2)14(16)17/h3-8H,1-2H3. The van der Waals surface area contributed by atoms with Crippen molar-refractivity contribution < 1.29 is 4.79 Å². The predicted octanol–water partition coefficient (Wildman–Crippen LogP) is 2.58. The van der Waals surface area contributed by atoms with Crippen molar-refractivity contribution in [3.63, 3.8) is 0 Å². The van der Waals surface area contributed by atoms with Crippen LogP contribution in [0.25, 0.3) is 0 Å². The number of anilines is 1. The molecule has 0 aliphatic carbocycles. The fourth-order valence-electron chi connectivity index (χ4n) is 2.11. The van der Waals surface area contributed by atoms with Crippen molar-refractivity contribution in [3.8, 4) is 0 Å². The van der Waals surface area contributed by atoms with Gasteiger partial charge in [0.1, 0.15) is 5.84 Å². The van der Waals surface area contributed by atoms with Gasteiger partial charge in [0.05, 0.1) is 5.69 Å². The number of aliphatic imine (C=N–C) groups is 1. The molecule has 0 spiro atoms. The molecule has 0 N–H and O–H groups in total. The number of nitrogens with zero attached hydrogens (tertiary/aromatic N) is 2. The minimum absolute atomic E-state index is 0.0203. The van der Waals surface area contributed by atoms with Crippen molar-refractivity contribution in [3.05, 3.63) is 53.3 Å². The Labute approximate surface area is 99.8 Å². The van der Waals surface area contributed by atoms with Crippen LogP contribution in [0, 0.1) is 6.92 Å². The summed E-state index contributed by atoms with van der Waals surface area (Å²) in [7, 11) is 0. The van der Waals surface area contributed by atoms with Crippen LogP contribution in [0.3, 0.4) is 0 Å². The van der Waals surface area contributed by atoms with Crippen LogP contribution < -0.4 is 4.90 Å². The Morgan fingerprint density at radius 1 is 1.12 bits per heavy atom. The minimum Gasteiger partial charge on any atom is -0.269 e. The first-order valence-electron chi connectivity index (χ1n) is 5.55. The summed E-state index contributed by atoms with van der Waals surface area (Å²) in [6.45, 7) is 3.87. The molecular weight excluding hydrogens is 212 g/mol. The number of hydrogen-bond donors (Lipinski definition) is 0. The number of benzene rings is 1. The molecule has 17 heavy (non-hydrogen) atoms. The van der Waals surface area contributed by atoms with Gasteiger partial charge in [0.25, 0.3) is 5.91 Å². The molecule has 1 amide bonds. The van der Waals surface area contributed by atoms with Crippen LogP contribution >= 0.6 is 0 Å². The average Bonchev–Trinajstić information content (AvgIpc) is 2.87. The highest BCUT2D eigenvalue weighted by molar-refractivity contribution is 6.36. The number of fused-ring (bicyclic) bond motifs is 1. The van der Waals surface area contributed by atoms with Gasteiger partial charge in [-0.3, -0.25) is 9.69 Å². The minimum atomic E-state index is 0.0203. The molecule has 2 aliphatic rings. The lowest BCUT2D eigenvalue weighted by atomic mass is 10.2. The van der Waals surface area contributed by atoms with Crippen molar-refractivity contribution in [2.24, 2.45) is 4.99 Å². The topological polar surface area (TPSA) is 32.7 Å². The molecule has 0 saturated carbocycles. The van der Waals surface area contributed by atoms with Crippen molar-refractivity contribution in [2.45, 2.75) is 13.8 Å². The summed E-state index contributed by atoms with van der Waals surface area (Å²) in [5.74, 6) is 0.767. The van der Waals surface area contributed by atoms with Gasteiger partial charge < -0.3 is 0 Å². The fraction of sp³-hybridized carbons (Fsp3) is 0.143. The van der Waals surface area contributed by atoms with Crippen LogP contribution in [0.5, 0.6) is 0 Å². The summed E-state index contributed by atoms with van der Waals surface area (Å²) in [5.41, 5.74) is 3.75. The van der Waals surface area contributed by atoms with E-state index in [1.165, 1.54) is 5.56 Å². The number of carbonyl (C=O) groups excluding carboxylic acids is 1. The van der Waals surface area contributed by atoms with E-state index in [9.17, 15) is 4.79 Å². The first-order valence-corrected chi connectivity index (χ1v) is 5.55. The Hall–Kier alpha value is -2.16. The lowest BCUT2D eigenvalue weighted by Gasteiger charge is -2.17. The van der Waals surface area contributed by atoms with E-state index in [0.717, 1.165) is 22.7 Å². The SMILES string of the molecule is CC1=C2C=CN=C2N(c2ccc(C)cc2)C1=O. The van der Waals surface area contributed by atoms with Crippen LogP contribution in [0.4, 0.5) is 5.69 Å². The molecule has 0 fully saturated rings. The molecule has 0 unspecified atom stereocenters. The molecule has 3 heteroatoms. The van der Waals surface area contributed by atoms with Crippen molar-refractivity contribution in [2.75, 3.05) is 4.90 Å². The molecule has 0 atom stereocenters. The van der Waals surface area contributed by atoms with E-state index in [4.69, 9.17) is 0 Å². The second-order valence-corrected chi connectivity index (χ2v) is 4.28. The van der Waals surface area contributed by atoms with E-state index in [0.29, 0.717) is 0 Å². The summed E-state index contributed by atoms with van der Waals surface area (Å²) in [6.07, 6.45) is 3.62. The number of carbonyl (C=O) groups is 1. The first-order chi connectivity index (χ1) is 8.18. The maximum absolute atomic E-state index is 12.2. The van der Waals surface area contributed by atoms with Gasteiger partial charge in [0, 0.05) is 17.3 Å². The van der Waals surface area contributed by atoms with E-state index in [-0.39, 0.29) is 5.91 Å². The second-order valence-electron chi connectivity index (χ2n) is 4.28. The number of aryl methyl sites for hydroxylation is 1. The third-order valence-electron chi connectivity index (χ3n) is 3.11. The quantitative estimate of drug-likeness (QED) is 0.721. The first kappa shape index (κ1) is 10.0. The van der Waals surface area contributed by atoms with Crippen LogP contribution in [0.2, 0.25) is 0 Å². The Balaban J connectivity index is 2.07. The van der Waals surface area contributed by atoms with Gasteiger partial charge in [-0.15, -0.1) is 0 Å². The molecular formula is C14H12N2O. The lowest BCUT2D eigenvalue weighted by molar-refractivity contribution is -0.113. The summed E-state index contributed by atoms with van der Waals surface area (Å²) in [5, 5.41) is 0. The van der Waals surface area contributed by atoms with Gasteiger partial charge in [-0.05, 0) is 32.1 Å². The molecule has 0 saturated heterocycles. The third kappa shape index (κ3) is 1.35. The maximum atomic E-state index is 12.2. The Morgan fingerprint density at radius 2 is 1.82 bits per heavy atom. The van der Waals surface area contributed by atoms with Crippen LogP contribution in [0.15, 0.2) is 52.7 Å². The smallest absolute Gasteiger partial charge is 0.260 e. The van der Waals surface area contributed by atoms with Gasteiger partial charge in [-0.1, -0.05) is 17.7 Å². The van der Waals surface area contributed by atoms with Gasteiger partial charge in [0.2, 0.25) is 0 Å². The van der Waals surface area contributed by atoms with Crippen LogP contribution in [-0.4, -0.2) is 11.7 Å².